The molecule has 0 radical (unpaired) electrons. The summed E-state index contributed by atoms with van der Waals surface area (Å²) in [5.74, 6) is -1.05. The number of nitrogens with one attached hydrogen (secondary N) is 1. The highest BCUT2D eigenvalue weighted by atomic mass is 35.5. The van der Waals surface area contributed by atoms with Crippen LogP contribution in [0, 0.1) is 17.6 Å². The Hall–Kier alpha value is -3.13. The van der Waals surface area contributed by atoms with E-state index in [9.17, 15) is 14.4 Å². The third-order valence-electron chi connectivity index (χ3n) is 8.66. The molecule has 0 atom stereocenters. The van der Waals surface area contributed by atoms with Crippen molar-refractivity contribution in [1.82, 2.24) is 24.3 Å². The second-order valence-corrected chi connectivity index (χ2v) is 12.7. The standard InChI is InChI=1S/C30H42F2N8O3.ClH/c1-30(2,34)27(41)37-11-13-38(14-12-37)28(42)35-26-9-10-40(29(43)36-26)22-15-24(31)23(25(32)16-22)18-39(17-19-3-4-19)21-7-5-20(33)6-8-21;/h9-10,15-16,19-21H,3-8,11-14,17-18,33-34H2,1-2H3,(H,35,36,42,43);1H/t20-,21-;. The predicted molar refractivity (Wildman–Crippen MR) is 166 cm³/mol. The lowest BCUT2D eigenvalue weighted by atomic mass is 9.90. The Morgan fingerprint density at radius 3 is 2.16 bits per heavy atom. The smallest absolute Gasteiger partial charge is 0.338 e. The number of urea groups is 1. The highest BCUT2D eigenvalue weighted by Gasteiger charge is 2.33. The number of piperazine rings is 1. The van der Waals surface area contributed by atoms with Gasteiger partial charge in [0.15, 0.2) is 0 Å². The molecule has 0 unspecified atom stereocenters. The number of amides is 3. The number of hydrogen-bond donors (Lipinski definition) is 3. The van der Waals surface area contributed by atoms with E-state index in [1.54, 1.807) is 18.7 Å². The van der Waals surface area contributed by atoms with Crippen molar-refractivity contribution in [3.8, 4) is 5.69 Å². The first-order valence-electron chi connectivity index (χ1n) is 15.1. The molecular formula is C30H43ClF2N8O3. The van der Waals surface area contributed by atoms with E-state index >= 15 is 8.78 Å². The summed E-state index contributed by atoms with van der Waals surface area (Å²) >= 11 is 0. The van der Waals surface area contributed by atoms with E-state index in [1.807, 2.05) is 0 Å². The van der Waals surface area contributed by atoms with Crippen molar-refractivity contribution in [1.29, 1.82) is 0 Å². The van der Waals surface area contributed by atoms with Crippen LogP contribution >= 0.6 is 12.4 Å². The second kappa shape index (κ2) is 13.9. The van der Waals surface area contributed by atoms with Crippen LogP contribution in [-0.4, -0.2) is 86.5 Å². The summed E-state index contributed by atoms with van der Waals surface area (Å²) < 4.78 is 31.7. The van der Waals surface area contributed by atoms with E-state index in [2.05, 4.69) is 15.2 Å². The molecule has 1 saturated heterocycles. The fourth-order valence-electron chi connectivity index (χ4n) is 5.90. The van der Waals surface area contributed by atoms with Gasteiger partial charge in [-0.1, -0.05) is 0 Å². The van der Waals surface area contributed by atoms with E-state index in [4.69, 9.17) is 11.5 Å². The first kappa shape index (κ1) is 33.8. The van der Waals surface area contributed by atoms with Crippen LogP contribution < -0.4 is 22.5 Å². The van der Waals surface area contributed by atoms with E-state index < -0.39 is 28.9 Å². The number of anilines is 1. The minimum atomic E-state index is -0.995. The summed E-state index contributed by atoms with van der Waals surface area (Å²) in [6.07, 6.45) is 7.26. The Balaban J connectivity index is 0.00000442. The van der Waals surface area contributed by atoms with Gasteiger partial charge in [0.1, 0.15) is 17.5 Å². The fourth-order valence-corrected chi connectivity index (χ4v) is 5.90. The Kier molecular flexibility index (Phi) is 10.7. The lowest BCUT2D eigenvalue weighted by molar-refractivity contribution is -0.137. The van der Waals surface area contributed by atoms with Crippen molar-refractivity contribution in [3.63, 3.8) is 0 Å². The SMILES string of the molecule is CC(C)(N)C(=O)N1CCN(C(=O)Nc2ccn(-c3cc(F)c(CN(CC4CC4)[C@H]4CC[C@H](N)CC4)c(F)c3)c(=O)n2)CC1.Cl. The maximum Gasteiger partial charge on any atom is 0.354 e. The molecule has 2 aromatic rings. The summed E-state index contributed by atoms with van der Waals surface area (Å²) in [7, 11) is 0. The largest absolute Gasteiger partial charge is 0.354 e. The highest BCUT2D eigenvalue weighted by molar-refractivity contribution is 5.89. The molecule has 5 rings (SSSR count). The van der Waals surface area contributed by atoms with Gasteiger partial charge in [-0.2, -0.15) is 4.98 Å². The van der Waals surface area contributed by atoms with E-state index in [0.29, 0.717) is 32.1 Å². The van der Waals surface area contributed by atoms with Gasteiger partial charge in [0.25, 0.3) is 0 Å². The van der Waals surface area contributed by atoms with Gasteiger partial charge >= 0.3 is 11.7 Å². The molecule has 2 saturated carbocycles. The molecule has 5 N–H and O–H groups in total. The van der Waals surface area contributed by atoms with E-state index in [-0.39, 0.29) is 54.0 Å². The first-order valence-corrected chi connectivity index (χ1v) is 15.1. The van der Waals surface area contributed by atoms with Gasteiger partial charge in [0, 0.05) is 63.1 Å². The van der Waals surface area contributed by atoms with Crippen molar-refractivity contribution in [2.75, 3.05) is 38.0 Å². The number of nitrogens with two attached hydrogens (primary N) is 2. The number of aromatic nitrogens is 2. The lowest BCUT2D eigenvalue weighted by Gasteiger charge is -2.37. The molecule has 11 nitrogen and oxygen atoms in total. The average Bonchev–Trinajstić information content (AvgIpc) is 3.78. The third-order valence-corrected chi connectivity index (χ3v) is 8.66. The molecule has 242 valence electrons. The second-order valence-electron chi connectivity index (χ2n) is 12.7. The van der Waals surface area contributed by atoms with Gasteiger partial charge in [-0.15, -0.1) is 12.4 Å². The van der Waals surface area contributed by atoms with Crippen molar-refractivity contribution >= 4 is 30.2 Å². The lowest BCUT2D eigenvalue weighted by Crippen LogP contribution is -2.58. The van der Waals surface area contributed by atoms with Gasteiger partial charge in [-0.25, -0.2) is 18.4 Å². The molecule has 14 heteroatoms. The van der Waals surface area contributed by atoms with Crippen LogP contribution in [0.3, 0.4) is 0 Å². The fraction of sp³-hybridized carbons (Fsp3) is 0.600. The molecular weight excluding hydrogens is 594 g/mol. The minimum absolute atomic E-state index is 0. The quantitative estimate of drug-likeness (QED) is 0.404. The summed E-state index contributed by atoms with van der Waals surface area (Å²) in [5.41, 5.74) is 10.2. The molecule has 0 bridgehead atoms. The number of halogens is 3. The maximum absolute atomic E-state index is 15.4. The molecule has 1 aliphatic heterocycles. The summed E-state index contributed by atoms with van der Waals surface area (Å²) in [4.78, 5) is 47.2. The van der Waals surface area contributed by atoms with Gasteiger partial charge in [0.2, 0.25) is 5.91 Å². The number of carbonyl (C=O) groups is 2. The van der Waals surface area contributed by atoms with Crippen molar-refractivity contribution in [2.45, 2.75) is 76.5 Å². The van der Waals surface area contributed by atoms with Crippen LogP contribution in [0.5, 0.6) is 0 Å². The van der Waals surface area contributed by atoms with Gasteiger partial charge in [-0.3, -0.25) is 19.6 Å². The Labute approximate surface area is 262 Å². The summed E-state index contributed by atoms with van der Waals surface area (Å²) in [5, 5.41) is 2.59. The Morgan fingerprint density at radius 2 is 1.61 bits per heavy atom. The number of benzene rings is 1. The van der Waals surface area contributed by atoms with Crippen molar-refractivity contribution < 1.29 is 18.4 Å². The highest BCUT2D eigenvalue weighted by Crippen LogP contribution is 2.34. The van der Waals surface area contributed by atoms with Crippen LogP contribution in [0.1, 0.15) is 57.9 Å². The monoisotopic (exact) mass is 636 g/mol. The molecule has 3 fully saturated rings. The first-order chi connectivity index (χ1) is 20.4. The normalized spacial score (nSPS) is 20.8. The molecule has 1 aromatic heterocycles. The molecule has 44 heavy (non-hydrogen) atoms. The zero-order valence-electron chi connectivity index (χ0n) is 25.3. The molecule has 1 aromatic carbocycles. The van der Waals surface area contributed by atoms with Gasteiger partial charge in [0.05, 0.1) is 11.2 Å². The van der Waals surface area contributed by atoms with Gasteiger partial charge in [-0.05, 0) is 76.5 Å². The average molecular weight is 637 g/mol. The van der Waals surface area contributed by atoms with Gasteiger partial charge < -0.3 is 21.3 Å². The topological polar surface area (TPSA) is 143 Å². The van der Waals surface area contributed by atoms with Crippen molar-refractivity contribution in [2.24, 2.45) is 17.4 Å². The number of rotatable bonds is 8. The van der Waals surface area contributed by atoms with E-state index in [1.165, 1.54) is 17.2 Å². The third kappa shape index (κ3) is 8.12. The molecule has 0 spiro atoms. The number of hydrogen-bond acceptors (Lipinski definition) is 7. The van der Waals surface area contributed by atoms with Crippen LogP contribution in [0.25, 0.3) is 5.69 Å². The van der Waals surface area contributed by atoms with Crippen LogP contribution in [0.4, 0.5) is 19.4 Å². The zero-order valence-corrected chi connectivity index (χ0v) is 26.1. The van der Waals surface area contributed by atoms with E-state index in [0.717, 1.165) is 61.8 Å². The molecule has 3 amide bonds. The maximum atomic E-state index is 15.4. The van der Waals surface area contributed by atoms with Crippen LogP contribution in [-0.2, 0) is 11.3 Å². The Morgan fingerprint density at radius 1 is 1.02 bits per heavy atom. The molecule has 3 aliphatic rings. The number of nitrogens with zero attached hydrogens (tertiary/aromatic N) is 5. The number of carbonyl (C=O) groups excluding carboxylic acids is 2. The Bertz CT molecular complexity index is 1370. The van der Waals surface area contributed by atoms with Crippen LogP contribution in [0.2, 0.25) is 0 Å². The molecule has 2 heterocycles. The predicted octanol–water partition coefficient (Wildman–Crippen LogP) is 2.83. The van der Waals surface area contributed by atoms with Crippen LogP contribution in [0.15, 0.2) is 29.2 Å². The summed E-state index contributed by atoms with van der Waals surface area (Å²) in [6, 6.07) is 3.66. The zero-order chi connectivity index (χ0) is 30.9. The summed E-state index contributed by atoms with van der Waals surface area (Å²) in [6.45, 7) is 5.51. The van der Waals surface area contributed by atoms with Crippen molar-refractivity contribution in [3.05, 3.63) is 52.1 Å². The molecule has 2 aliphatic carbocycles. The minimum Gasteiger partial charge on any atom is -0.338 e.